The topological polar surface area (TPSA) is 66.8 Å². The number of carboxylic acids is 1. The molecule has 0 saturated carbocycles. The minimum atomic E-state index is -1.05. The number of aliphatic carboxylic acids is 1. The number of rotatable bonds is 5. The Morgan fingerprint density at radius 2 is 1.94 bits per heavy atom. The van der Waals surface area contributed by atoms with Crippen molar-refractivity contribution < 1.29 is 19.4 Å². The first kappa shape index (κ1) is 14.0. The van der Waals surface area contributed by atoms with Crippen molar-refractivity contribution in [2.24, 2.45) is 0 Å². The third-order valence-corrected chi connectivity index (χ3v) is 2.20. The molecule has 1 aromatic rings. The van der Waals surface area contributed by atoms with Crippen molar-refractivity contribution in [2.45, 2.75) is 20.0 Å². The number of carbonyl (C=O) groups excluding carboxylic acids is 1. The molecular formula is C13H17NO4. The Hall–Kier alpha value is -2.04. The molecule has 0 radical (unpaired) electrons. The van der Waals surface area contributed by atoms with E-state index in [0.717, 1.165) is 4.90 Å². The van der Waals surface area contributed by atoms with E-state index in [-0.39, 0.29) is 18.6 Å². The number of hydrogen-bond donors (Lipinski definition) is 1. The van der Waals surface area contributed by atoms with Gasteiger partial charge in [0.05, 0.1) is 11.7 Å². The maximum absolute atomic E-state index is 12.1. The average Bonchev–Trinajstić information content (AvgIpc) is 2.27. The molecule has 0 aliphatic heterocycles. The molecule has 0 saturated heterocycles. The van der Waals surface area contributed by atoms with Crippen molar-refractivity contribution in [1.82, 2.24) is 4.90 Å². The van der Waals surface area contributed by atoms with Crippen LogP contribution in [0.2, 0.25) is 0 Å². The monoisotopic (exact) mass is 251 g/mol. The lowest BCUT2D eigenvalue weighted by Crippen LogP contribution is -2.32. The Bertz CT molecular complexity index is 442. The molecule has 0 spiro atoms. The first-order valence-corrected chi connectivity index (χ1v) is 5.64. The maximum atomic E-state index is 12.1. The second-order valence-electron chi connectivity index (χ2n) is 4.22. The van der Waals surface area contributed by atoms with Gasteiger partial charge < -0.3 is 14.7 Å². The molecule has 0 atom stereocenters. The highest BCUT2D eigenvalue weighted by atomic mass is 16.5. The van der Waals surface area contributed by atoms with Gasteiger partial charge in [0.2, 0.25) is 0 Å². The lowest BCUT2D eigenvalue weighted by molar-refractivity contribution is -0.137. The summed E-state index contributed by atoms with van der Waals surface area (Å²) >= 11 is 0. The summed E-state index contributed by atoms with van der Waals surface area (Å²) in [4.78, 5) is 23.8. The zero-order valence-electron chi connectivity index (χ0n) is 10.7. The molecule has 18 heavy (non-hydrogen) atoms. The fourth-order valence-corrected chi connectivity index (χ4v) is 1.48. The maximum Gasteiger partial charge on any atom is 0.323 e. The van der Waals surface area contributed by atoms with Crippen LogP contribution in [0.3, 0.4) is 0 Å². The highest BCUT2D eigenvalue weighted by Gasteiger charge is 2.18. The van der Waals surface area contributed by atoms with Crippen LogP contribution in [0.25, 0.3) is 0 Å². The van der Waals surface area contributed by atoms with E-state index in [4.69, 9.17) is 9.84 Å². The van der Waals surface area contributed by atoms with Crippen LogP contribution in [0.15, 0.2) is 24.3 Å². The molecule has 98 valence electrons. The van der Waals surface area contributed by atoms with Gasteiger partial charge in [-0.25, -0.2) is 0 Å². The summed E-state index contributed by atoms with van der Waals surface area (Å²) in [5, 5.41) is 8.67. The molecule has 5 nitrogen and oxygen atoms in total. The zero-order chi connectivity index (χ0) is 13.7. The van der Waals surface area contributed by atoms with Gasteiger partial charge in [0.15, 0.2) is 0 Å². The number of nitrogens with zero attached hydrogens (tertiary/aromatic N) is 1. The van der Waals surface area contributed by atoms with E-state index in [0.29, 0.717) is 11.3 Å². The van der Waals surface area contributed by atoms with E-state index < -0.39 is 5.97 Å². The first-order chi connectivity index (χ1) is 8.41. The van der Waals surface area contributed by atoms with E-state index in [1.807, 2.05) is 13.8 Å². The first-order valence-electron chi connectivity index (χ1n) is 5.64. The number of carbonyl (C=O) groups is 2. The lowest BCUT2D eigenvalue weighted by atomic mass is 10.1. The second-order valence-corrected chi connectivity index (χ2v) is 4.22. The third-order valence-electron chi connectivity index (χ3n) is 2.20. The number of benzene rings is 1. The standard InChI is InChI=1S/C13H17NO4/c1-9(2)18-11-7-5-4-6-10(11)13(17)14(3)8-12(15)16/h4-7,9H,8H2,1-3H3,(H,15,16). The Kier molecular flexibility index (Phi) is 4.71. The molecule has 0 aliphatic rings. The molecule has 1 aromatic carbocycles. The van der Waals surface area contributed by atoms with Crippen LogP contribution in [0.1, 0.15) is 24.2 Å². The number of para-hydroxylation sites is 1. The molecule has 1 N–H and O–H groups in total. The van der Waals surface area contributed by atoms with Gasteiger partial charge in [-0.1, -0.05) is 12.1 Å². The van der Waals surface area contributed by atoms with Crippen molar-refractivity contribution in [3.63, 3.8) is 0 Å². The van der Waals surface area contributed by atoms with Crippen molar-refractivity contribution >= 4 is 11.9 Å². The molecule has 0 fully saturated rings. The number of amides is 1. The molecule has 1 rings (SSSR count). The minimum Gasteiger partial charge on any atom is -0.490 e. The summed E-state index contributed by atoms with van der Waals surface area (Å²) in [5.74, 6) is -0.948. The van der Waals surface area contributed by atoms with E-state index in [9.17, 15) is 9.59 Å². The summed E-state index contributed by atoms with van der Waals surface area (Å²) in [7, 11) is 1.45. The second kappa shape index (κ2) is 6.05. The van der Waals surface area contributed by atoms with Crippen LogP contribution < -0.4 is 4.74 Å². The van der Waals surface area contributed by atoms with Gasteiger partial charge in [0.1, 0.15) is 12.3 Å². The smallest absolute Gasteiger partial charge is 0.323 e. The number of likely N-dealkylation sites (N-methyl/N-ethyl adjacent to an activating group) is 1. The van der Waals surface area contributed by atoms with Crippen molar-refractivity contribution in [2.75, 3.05) is 13.6 Å². The van der Waals surface area contributed by atoms with E-state index in [1.165, 1.54) is 7.05 Å². The molecule has 0 aromatic heterocycles. The fraction of sp³-hybridized carbons (Fsp3) is 0.385. The highest BCUT2D eigenvalue weighted by Crippen LogP contribution is 2.20. The normalized spacial score (nSPS) is 10.2. The zero-order valence-corrected chi connectivity index (χ0v) is 10.7. The van der Waals surface area contributed by atoms with Crippen molar-refractivity contribution in [3.8, 4) is 5.75 Å². The third kappa shape index (κ3) is 3.76. The molecular weight excluding hydrogens is 234 g/mol. The largest absolute Gasteiger partial charge is 0.490 e. The number of carboxylic acid groups (broad SMARTS) is 1. The molecule has 0 bridgehead atoms. The summed E-state index contributed by atoms with van der Waals surface area (Å²) in [5.41, 5.74) is 0.370. The summed E-state index contributed by atoms with van der Waals surface area (Å²) < 4.78 is 5.53. The van der Waals surface area contributed by atoms with E-state index in [2.05, 4.69) is 0 Å². The van der Waals surface area contributed by atoms with Gasteiger partial charge in [-0.05, 0) is 26.0 Å². The fourth-order valence-electron chi connectivity index (χ4n) is 1.48. The molecule has 0 unspecified atom stereocenters. The van der Waals surface area contributed by atoms with Gasteiger partial charge in [-0.2, -0.15) is 0 Å². The molecule has 5 heteroatoms. The van der Waals surface area contributed by atoms with Gasteiger partial charge >= 0.3 is 5.97 Å². The number of ether oxygens (including phenoxy) is 1. The predicted molar refractivity (Wildman–Crippen MR) is 66.8 cm³/mol. The van der Waals surface area contributed by atoms with Crippen LogP contribution >= 0.6 is 0 Å². The molecule has 0 aliphatic carbocycles. The SMILES string of the molecule is CC(C)Oc1ccccc1C(=O)N(C)CC(=O)O. The van der Waals surface area contributed by atoms with Crippen LogP contribution in [-0.2, 0) is 4.79 Å². The van der Waals surface area contributed by atoms with Crippen molar-refractivity contribution in [3.05, 3.63) is 29.8 Å². The quantitative estimate of drug-likeness (QED) is 0.863. The Morgan fingerprint density at radius 3 is 2.50 bits per heavy atom. The lowest BCUT2D eigenvalue weighted by Gasteiger charge is -2.18. The minimum absolute atomic E-state index is 0.0521. The Labute approximate surface area is 106 Å². The van der Waals surface area contributed by atoms with Crippen LogP contribution in [-0.4, -0.2) is 41.6 Å². The Balaban J connectivity index is 2.94. The van der Waals surface area contributed by atoms with Crippen LogP contribution in [0.5, 0.6) is 5.75 Å². The Morgan fingerprint density at radius 1 is 1.33 bits per heavy atom. The van der Waals surface area contributed by atoms with Crippen molar-refractivity contribution in [1.29, 1.82) is 0 Å². The van der Waals surface area contributed by atoms with Crippen LogP contribution in [0.4, 0.5) is 0 Å². The molecule has 0 heterocycles. The predicted octanol–water partition coefficient (Wildman–Crippen LogP) is 1.63. The van der Waals surface area contributed by atoms with Crippen LogP contribution in [0, 0.1) is 0 Å². The van der Waals surface area contributed by atoms with E-state index >= 15 is 0 Å². The summed E-state index contributed by atoms with van der Waals surface area (Å²) in [6.45, 7) is 3.39. The van der Waals surface area contributed by atoms with Gasteiger partial charge in [0.25, 0.3) is 5.91 Å². The number of hydrogen-bond acceptors (Lipinski definition) is 3. The van der Waals surface area contributed by atoms with Gasteiger partial charge in [-0.15, -0.1) is 0 Å². The van der Waals surface area contributed by atoms with Gasteiger partial charge in [-0.3, -0.25) is 9.59 Å². The van der Waals surface area contributed by atoms with Gasteiger partial charge in [0, 0.05) is 7.05 Å². The highest BCUT2D eigenvalue weighted by molar-refractivity contribution is 5.98. The summed E-state index contributed by atoms with van der Waals surface area (Å²) in [6.07, 6.45) is -0.0521. The average molecular weight is 251 g/mol. The molecule has 1 amide bonds. The summed E-state index contributed by atoms with van der Waals surface area (Å²) in [6, 6.07) is 6.81. The van der Waals surface area contributed by atoms with E-state index in [1.54, 1.807) is 24.3 Å².